The van der Waals surface area contributed by atoms with Gasteiger partial charge in [0.2, 0.25) is 0 Å². The molecule has 1 N–H and O–H groups in total. The molecule has 4 nitrogen and oxygen atoms in total. The van der Waals surface area contributed by atoms with Gasteiger partial charge in [0.05, 0.1) is 0 Å². The third kappa shape index (κ3) is 2.58. The molecule has 0 radical (unpaired) electrons. The Labute approximate surface area is 75.2 Å². The molecule has 0 saturated heterocycles. The summed E-state index contributed by atoms with van der Waals surface area (Å²) >= 11 is 1.18. The van der Waals surface area contributed by atoms with E-state index < -0.39 is 0 Å². The molecule has 1 amide bonds. The summed E-state index contributed by atoms with van der Waals surface area (Å²) in [7, 11) is 0. The van der Waals surface area contributed by atoms with Gasteiger partial charge >= 0.3 is 0 Å². The van der Waals surface area contributed by atoms with Gasteiger partial charge in [0, 0.05) is 11.9 Å². The molecule has 66 valence electrons. The van der Waals surface area contributed by atoms with Crippen LogP contribution in [0.3, 0.4) is 0 Å². The van der Waals surface area contributed by atoms with Crippen LogP contribution in [0, 0.1) is 5.92 Å². The Kier molecular flexibility index (Phi) is 3.16. The monoisotopic (exact) mass is 185 g/mol. The summed E-state index contributed by atoms with van der Waals surface area (Å²) in [6.45, 7) is 4.76. The number of hydrogen-bond donors (Lipinski definition) is 1. The second-order valence-corrected chi connectivity index (χ2v) is 3.50. The number of nitrogens with zero attached hydrogens (tertiary/aromatic N) is 2. The fraction of sp³-hybridized carbons (Fsp3) is 0.571. The second kappa shape index (κ2) is 4.15. The Balaban J connectivity index is 2.40. The molecule has 1 rings (SSSR count). The summed E-state index contributed by atoms with van der Waals surface area (Å²) < 4.78 is 3.60. The van der Waals surface area contributed by atoms with Crippen LogP contribution in [0.2, 0.25) is 0 Å². The molecule has 0 aromatic carbocycles. The van der Waals surface area contributed by atoms with E-state index in [4.69, 9.17) is 0 Å². The molecule has 0 bridgehead atoms. The summed E-state index contributed by atoms with van der Waals surface area (Å²) in [5.41, 5.74) is 0.403. The first-order chi connectivity index (χ1) is 5.70. The zero-order valence-corrected chi connectivity index (χ0v) is 7.89. The minimum absolute atomic E-state index is 0.141. The van der Waals surface area contributed by atoms with Crippen LogP contribution in [-0.2, 0) is 0 Å². The van der Waals surface area contributed by atoms with E-state index in [0.29, 0.717) is 18.2 Å². The van der Waals surface area contributed by atoms with Crippen molar-refractivity contribution in [3.05, 3.63) is 11.1 Å². The fourth-order valence-corrected chi connectivity index (χ4v) is 1.09. The average molecular weight is 185 g/mol. The van der Waals surface area contributed by atoms with Gasteiger partial charge < -0.3 is 5.32 Å². The van der Waals surface area contributed by atoms with E-state index in [2.05, 4.69) is 14.9 Å². The van der Waals surface area contributed by atoms with Gasteiger partial charge in [-0.3, -0.25) is 4.79 Å². The zero-order valence-electron chi connectivity index (χ0n) is 7.07. The van der Waals surface area contributed by atoms with Crippen molar-refractivity contribution in [3.63, 3.8) is 0 Å². The SMILES string of the molecule is CC(C)CNC(=O)c1csnn1. The van der Waals surface area contributed by atoms with E-state index in [9.17, 15) is 4.79 Å². The number of rotatable bonds is 3. The molecule has 0 aliphatic carbocycles. The van der Waals surface area contributed by atoms with Crippen LogP contribution >= 0.6 is 11.5 Å². The first kappa shape index (κ1) is 9.12. The van der Waals surface area contributed by atoms with Crippen molar-refractivity contribution in [2.75, 3.05) is 6.54 Å². The molecule has 1 aromatic rings. The zero-order chi connectivity index (χ0) is 8.97. The number of nitrogens with one attached hydrogen (secondary N) is 1. The van der Waals surface area contributed by atoms with Gasteiger partial charge in [-0.05, 0) is 17.5 Å². The lowest BCUT2D eigenvalue weighted by Crippen LogP contribution is -2.27. The Bertz CT molecular complexity index is 245. The first-order valence-electron chi connectivity index (χ1n) is 3.75. The molecule has 0 unspecified atom stereocenters. The molecule has 5 heteroatoms. The molecule has 0 aliphatic heterocycles. The maximum absolute atomic E-state index is 11.2. The molecule has 0 aliphatic rings. The number of carbonyl (C=O) groups is 1. The maximum atomic E-state index is 11.2. The minimum Gasteiger partial charge on any atom is -0.350 e. The van der Waals surface area contributed by atoms with Gasteiger partial charge in [0.25, 0.3) is 5.91 Å². The van der Waals surface area contributed by atoms with Crippen molar-refractivity contribution in [1.82, 2.24) is 14.9 Å². The molecule has 0 fully saturated rings. The third-order valence-corrected chi connectivity index (χ3v) is 1.77. The van der Waals surface area contributed by atoms with Gasteiger partial charge in [0.15, 0.2) is 5.69 Å². The lowest BCUT2D eigenvalue weighted by atomic mass is 10.2. The second-order valence-electron chi connectivity index (χ2n) is 2.89. The maximum Gasteiger partial charge on any atom is 0.272 e. The molecule has 0 saturated carbocycles. The number of amides is 1. The summed E-state index contributed by atoms with van der Waals surface area (Å²) in [6, 6.07) is 0. The molecule has 1 heterocycles. The molecule has 1 aromatic heterocycles. The van der Waals surface area contributed by atoms with Crippen LogP contribution in [0.5, 0.6) is 0 Å². The largest absolute Gasteiger partial charge is 0.350 e. The Hall–Kier alpha value is -0.970. The van der Waals surface area contributed by atoms with Gasteiger partial charge in [0.1, 0.15) is 0 Å². The van der Waals surface area contributed by atoms with E-state index >= 15 is 0 Å². The number of aromatic nitrogens is 2. The predicted octanol–water partition coefficient (Wildman–Crippen LogP) is 0.924. The van der Waals surface area contributed by atoms with Crippen molar-refractivity contribution in [3.8, 4) is 0 Å². The topological polar surface area (TPSA) is 54.9 Å². The predicted molar refractivity (Wildman–Crippen MR) is 47.1 cm³/mol. The molecular weight excluding hydrogens is 174 g/mol. The van der Waals surface area contributed by atoms with Crippen LogP contribution in [0.15, 0.2) is 5.38 Å². The first-order valence-corrected chi connectivity index (χ1v) is 4.59. The smallest absolute Gasteiger partial charge is 0.272 e. The highest BCUT2D eigenvalue weighted by atomic mass is 32.1. The minimum atomic E-state index is -0.141. The quantitative estimate of drug-likeness (QED) is 0.762. The van der Waals surface area contributed by atoms with E-state index in [1.807, 2.05) is 13.8 Å². The van der Waals surface area contributed by atoms with Gasteiger partial charge in [-0.1, -0.05) is 18.3 Å². The van der Waals surface area contributed by atoms with E-state index in [0.717, 1.165) is 0 Å². The van der Waals surface area contributed by atoms with Crippen molar-refractivity contribution < 1.29 is 4.79 Å². The fourth-order valence-electron chi connectivity index (χ4n) is 0.651. The summed E-state index contributed by atoms with van der Waals surface area (Å²) in [4.78, 5) is 11.2. The van der Waals surface area contributed by atoms with Crippen molar-refractivity contribution in [2.45, 2.75) is 13.8 Å². The van der Waals surface area contributed by atoms with E-state index in [1.165, 1.54) is 11.5 Å². The Morgan fingerprint density at radius 3 is 3.00 bits per heavy atom. The van der Waals surface area contributed by atoms with Gasteiger partial charge in [-0.15, -0.1) is 5.10 Å². The lowest BCUT2D eigenvalue weighted by Gasteiger charge is -2.04. The Morgan fingerprint density at radius 2 is 2.50 bits per heavy atom. The lowest BCUT2D eigenvalue weighted by molar-refractivity contribution is 0.0944. The molecule has 0 atom stereocenters. The average Bonchev–Trinajstić information content (AvgIpc) is 2.51. The van der Waals surface area contributed by atoms with Gasteiger partial charge in [-0.25, -0.2) is 0 Å². The summed E-state index contributed by atoms with van der Waals surface area (Å²) in [6.07, 6.45) is 0. The van der Waals surface area contributed by atoms with Crippen LogP contribution in [0.25, 0.3) is 0 Å². The highest BCUT2D eigenvalue weighted by molar-refractivity contribution is 7.03. The van der Waals surface area contributed by atoms with E-state index in [-0.39, 0.29) is 5.91 Å². The van der Waals surface area contributed by atoms with Crippen LogP contribution in [-0.4, -0.2) is 22.0 Å². The van der Waals surface area contributed by atoms with Crippen molar-refractivity contribution in [2.24, 2.45) is 5.92 Å². The van der Waals surface area contributed by atoms with Crippen molar-refractivity contribution in [1.29, 1.82) is 0 Å². The van der Waals surface area contributed by atoms with Gasteiger partial charge in [-0.2, -0.15) is 0 Å². The standard InChI is InChI=1S/C7H11N3OS/c1-5(2)3-8-7(11)6-4-12-10-9-6/h4-5H,3H2,1-2H3,(H,8,11). The molecule has 12 heavy (non-hydrogen) atoms. The number of hydrogen-bond acceptors (Lipinski definition) is 4. The molecule has 0 spiro atoms. The normalized spacial score (nSPS) is 10.2. The highest BCUT2D eigenvalue weighted by Crippen LogP contribution is 1.97. The van der Waals surface area contributed by atoms with Crippen LogP contribution in [0.1, 0.15) is 24.3 Å². The number of carbonyl (C=O) groups excluding carboxylic acids is 1. The molecular formula is C7H11N3OS. The highest BCUT2D eigenvalue weighted by Gasteiger charge is 2.07. The van der Waals surface area contributed by atoms with Crippen molar-refractivity contribution >= 4 is 17.4 Å². The summed E-state index contributed by atoms with van der Waals surface area (Å²) in [5.74, 6) is 0.318. The Morgan fingerprint density at radius 1 is 1.75 bits per heavy atom. The summed E-state index contributed by atoms with van der Waals surface area (Å²) in [5, 5.41) is 8.03. The third-order valence-electron chi connectivity index (χ3n) is 1.26. The van der Waals surface area contributed by atoms with E-state index in [1.54, 1.807) is 5.38 Å². The van der Waals surface area contributed by atoms with Crippen LogP contribution in [0.4, 0.5) is 0 Å². The van der Waals surface area contributed by atoms with Crippen LogP contribution < -0.4 is 5.32 Å².